The lowest BCUT2D eigenvalue weighted by Crippen LogP contribution is -2.25. The van der Waals surface area contributed by atoms with Gasteiger partial charge in [-0.3, -0.25) is 4.79 Å². The van der Waals surface area contributed by atoms with Crippen LogP contribution in [0, 0.1) is 0 Å². The van der Waals surface area contributed by atoms with Gasteiger partial charge in [-0.2, -0.15) is 0 Å². The molecular formula is C20H22N4O2. The van der Waals surface area contributed by atoms with Gasteiger partial charge in [-0.15, -0.1) is 10.2 Å². The number of amides is 1. The van der Waals surface area contributed by atoms with Gasteiger partial charge in [0.15, 0.2) is 5.82 Å². The number of rotatable bonds is 4. The van der Waals surface area contributed by atoms with E-state index in [4.69, 9.17) is 4.74 Å². The zero-order valence-corrected chi connectivity index (χ0v) is 14.9. The SMILES string of the molecule is COc1cc2ccccc2cc1C(=O)NCc1nnc2n1CCCCC2. The van der Waals surface area contributed by atoms with Crippen molar-refractivity contribution in [2.45, 2.75) is 38.8 Å². The first-order valence-electron chi connectivity index (χ1n) is 9.02. The quantitative estimate of drug-likeness (QED) is 0.785. The first-order chi connectivity index (χ1) is 12.8. The molecule has 1 aliphatic rings. The van der Waals surface area contributed by atoms with Crippen molar-refractivity contribution in [3.63, 3.8) is 0 Å². The first-order valence-corrected chi connectivity index (χ1v) is 9.02. The minimum absolute atomic E-state index is 0.168. The molecule has 0 saturated heterocycles. The molecule has 0 unspecified atom stereocenters. The van der Waals surface area contributed by atoms with Crippen LogP contribution in [-0.4, -0.2) is 27.8 Å². The lowest BCUT2D eigenvalue weighted by atomic mass is 10.1. The third kappa shape index (κ3) is 3.14. The van der Waals surface area contributed by atoms with E-state index in [0.29, 0.717) is 17.9 Å². The van der Waals surface area contributed by atoms with Crippen LogP contribution in [0.25, 0.3) is 10.8 Å². The van der Waals surface area contributed by atoms with Crippen LogP contribution in [-0.2, 0) is 19.5 Å². The van der Waals surface area contributed by atoms with Crippen molar-refractivity contribution in [2.75, 3.05) is 7.11 Å². The van der Waals surface area contributed by atoms with E-state index in [0.717, 1.165) is 48.2 Å². The maximum atomic E-state index is 12.8. The molecule has 2 heterocycles. The highest BCUT2D eigenvalue weighted by molar-refractivity contribution is 6.01. The summed E-state index contributed by atoms with van der Waals surface area (Å²) < 4.78 is 7.57. The second-order valence-corrected chi connectivity index (χ2v) is 6.58. The fraction of sp³-hybridized carbons (Fsp3) is 0.350. The monoisotopic (exact) mass is 350 g/mol. The highest BCUT2D eigenvalue weighted by Crippen LogP contribution is 2.26. The largest absolute Gasteiger partial charge is 0.496 e. The van der Waals surface area contributed by atoms with Crippen molar-refractivity contribution in [1.82, 2.24) is 20.1 Å². The molecule has 0 bridgehead atoms. The van der Waals surface area contributed by atoms with Crippen molar-refractivity contribution >= 4 is 16.7 Å². The van der Waals surface area contributed by atoms with Crippen molar-refractivity contribution in [3.05, 3.63) is 53.6 Å². The number of aryl methyl sites for hydroxylation is 1. The summed E-state index contributed by atoms with van der Waals surface area (Å²) in [4.78, 5) is 12.8. The van der Waals surface area contributed by atoms with E-state index in [2.05, 4.69) is 20.1 Å². The van der Waals surface area contributed by atoms with E-state index in [1.54, 1.807) is 7.11 Å². The fourth-order valence-corrected chi connectivity index (χ4v) is 3.50. The standard InChI is InChI=1S/C20H22N4O2/c1-26-17-12-15-8-5-4-7-14(15)11-16(17)20(25)21-13-19-23-22-18-9-3-2-6-10-24(18)19/h4-5,7-8,11-12H,2-3,6,9-10,13H2,1H3,(H,21,25). The van der Waals surface area contributed by atoms with Gasteiger partial charge in [0.05, 0.1) is 19.2 Å². The molecule has 0 aliphatic carbocycles. The molecule has 1 aromatic heterocycles. The number of nitrogens with one attached hydrogen (secondary N) is 1. The fourth-order valence-electron chi connectivity index (χ4n) is 3.50. The number of benzene rings is 2. The Kier molecular flexibility index (Phi) is 4.56. The topological polar surface area (TPSA) is 69.0 Å². The van der Waals surface area contributed by atoms with E-state index in [1.807, 2.05) is 36.4 Å². The average molecular weight is 350 g/mol. The minimum atomic E-state index is -0.168. The van der Waals surface area contributed by atoms with Gasteiger partial charge in [0.2, 0.25) is 0 Å². The number of hydrogen-bond acceptors (Lipinski definition) is 4. The number of carbonyl (C=O) groups is 1. The van der Waals surface area contributed by atoms with Crippen molar-refractivity contribution in [3.8, 4) is 5.75 Å². The molecule has 0 atom stereocenters. The summed E-state index contributed by atoms with van der Waals surface area (Å²) in [6.45, 7) is 1.29. The maximum Gasteiger partial charge on any atom is 0.255 e. The highest BCUT2D eigenvalue weighted by Gasteiger charge is 2.17. The van der Waals surface area contributed by atoms with Crippen LogP contribution in [0.3, 0.4) is 0 Å². The van der Waals surface area contributed by atoms with Gasteiger partial charge >= 0.3 is 0 Å². The average Bonchev–Trinajstić information content (AvgIpc) is 2.91. The van der Waals surface area contributed by atoms with Crippen LogP contribution >= 0.6 is 0 Å². The van der Waals surface area contributed by atoms with E-state index >= 15 is 0 Å². The van der Waals surface area contributed by atoms with Gasteiger partial charge in [-0.25, -0.2) is 0 Å². The normalized spacial score (nSPS) is 13.9. The molecule has 1 aliphatic heterocycles. The number of nitrogens with zero attached hydrogens (tertiary/aromatic N) is 3. The molecule has 4 rings (SSSR count). The Hall–Kier alpha value is -2.89. The van der Waals surface area contributed by atoms with Gasteiger partial charge in [0.1, 0.15) is 11.6 Å². The van der Waals surface area contributed by atoms with Crippen LogP contribution in [0.15, 0.2) is 36.4 Å². The molecule has 0 spiro atoms. The lowest BCUT2D eigenvalue weighted by molar-refractivity contribution is 0.0946. The Morgan fingerprint density at radius 1 is 1.15 bits per heavy atom. The van der Waals surface area contributed by atoms with E-state index in [9.17, 15) is 4.79 Å². The zero-order chi connectivity index (χ0) is 17.9. The number of aromatic nitrogens is 3. The summed E-state index contributed by atoms with van der Waals surface area (Å²) in [5, 5.41) is 13.6. The van der Waals surface area contributed by atoms with Crippen LogP contribution in [0.2, 0.25) is 0 Å². The molecule has 1 amide bonds. The molecule has 0 fully saturated rings. The Bertz CT molecular complexity index is 948. The number of hydrogen-bond donors (Lipinski definition) is 1. The Morgan fingerprint density at radius 3 is 2.77 bits per heavy atom. The predicted octanol–water partition coefficient (Wildman–Crippen LogP) is 3.10. The Balaban J connectivity index is 1.55. The molecular weight excluding hydrogens is 328 g/mol. The summed E-state index contributed by atoms with van der Waals surface area (Å²) in [6, 6.07) is 11.7. The Morgan fingerprint density at radius 2 is 1.96 bits per heavy atom. The molecule has 0 saturated carbocycles. The van der Waals surface area contributed by atoms with Crippen LogP contribution < -0.4 is 10.1 Å². The summed E-state index contributed by atoms with van der Waals surface area (Å²) in [5.41, 5.74) is 0.529. The third-order valence-electron chi connectivity index (χ3n) is 4.91. The number of carbonyl (C=O) groups excluding carboxylic acids is 1. The second kappa shape index (κ2) is 7.15. The van der Waals surface area contributed by atoms with E-state index < -0.39 is 0 Å². The van der Waals surface area contributed by atoms with Gasteiger partial charge in [0, 0.05) is 13.0 Å². The van der Waals surface area contributed by atoms with Crippen LogP contribution in [0.5, 0.6) is 5.75 Å². The summed E-state index contributed by atoms with van der Waals surface area (Å²) >= 11 is 0. The van der Waals surface area contributed by atoms with Crippen molar-refractivity contribution in [1.29, 1.82) is 0 Å². The maximum absolute atomic E-state index is 12.8. The highest BCUT2D eigenvalue weighted by atomic mass is 16.5. The van der Waals surface area contributed by atoms with E-state index in [-0.39, 0.29) is 5.91 Å². The molecule has 134 valence electrons. The first kappa shape index (κ1) is 16.6. The van der Waals surface area contributed by atoms with Crippen LogP contribution in [0.4, 0.5) is 0 Å². The van der Waals surface area contributed by atoms with Gasteiger partial charge in [-0.1, -0.05) is 30.7 Å². The zero-order valence-electron chi connectivity index (χ0n) is 14.9. The molecule has 3 aromatic rings. The lowest BCUT2D eigenvalue weighted by Gasteiger charge is -2.12. The second-order valence-electron chi connectivity index (χ2n) is 6.58. The van der Waals surface area contributed by atoms with Gasteiger partial charge in [-0.05, 0) is 35.7 Å². The molecule has 2 aromatic carbocycles. The molecule has 1 N–H and O–H groups in total. The molecule has 6 nitrogen and oxygen atoms in total. The third-order valence-corrected chi connectivity index (χ3v) is 4.91. The van der Waals surface area contributed by atoms with Gasteiger partial charge < -0.3 is 14.6 Å². The van der Waals surface area contributed by atoms with Crippen molar-refractivity contribution < 1.29 is 9.53 Å². The summed E-state index contributed by atoms with van der Waals surface area (Å²) in [7, 11) is 1.58. The number of ether oxygens (including phenoxy) is 1. The van der Waals surface area contributed by atoms with E-state index in [1.165, 1.54) is 6.42 Å². The smallest absolute Gasteiger partial charge is 0.255 e. The molecule has 6 heteroatoms. The minimum Gasteiger partial charge on any atom is -0.496 e. The molecule has 26 heavy (non-hydrogen) atoms. The Labute approximate surface area is 152 Å². The number of methoxy groups -OCH3 is 1. The van der Waals surface area contributed by atoms with Gasteiger partial charge in [0.25, 0.3) is 5.91 Å². The number of fused-ring (bicyclic) bond motifs is 2. The van der Waals surface area contributed by atoms with Crippen LogP contribution in [0.1, 0.15) is 41.3 Å². The predicted molar refractivity (Wildman–Crippen MR) is 99.2 cm³/mol. The molecule has 0 radical (unpaired) electrons. The van der Waals surface area contributed by atoms with Crippen molar-refractivity contribution in [2.24, 2.45) is 0 Å². The summed E-state index contributed by atoms with van der Waals surface area (Å²) in [6.07, 6.45) is 4.45. The summed E-state index contributed by atoms with van der Waals surface area (Å²) in [5.74, 6) is 2.24.